The van der Waals surface area contributed by atoms with E-state index in [0.717, 1.165) is 32.7 Å². The molecule has 10 rings (SSSR count). The van der Waals surface area contributed by atoms with E-state index in [1.54, 1.807) is 0 Å². The molecule has 0 saturated heterocycles. The van der Waals surface area contributed by atoms with E-state index in [0.29, 0.717) is 0 Å². The van der Waals surface area contributed by atoms with E-state index in [1.807, 2.05) is 72.8 Å². The van der Waals surface area contributed by atoms with Crippen molar-refractivity contribution in [2.45, 2.75) is 0 Å². The number of hydrogen-bond donors (Lipinski definition) is 0. The van der Waals surface area contributed by atoms with Gasteiger partial charge in [0.1, 0.15) is 12.3 Å². The van der Waals surface area contributed by atoms with E-state index in [2.05, 4.69) is 170 Å². The molecule has 0 nitrogen and oxygen atoms in total. The van der Waals surface area contributed by atoms with Gasteiger partial charge in [-0.2, -0.15) is 0 Å². The van der Waals surface area contributed by atoms with Gasteiger partial charge in [0.25, 0.3) is 0 Å². The molecule has 0 aliphatic rings. The van der Waals surface area contributed by atoms with Gasteiger partial charge < -0.3 is 12.8 Å². The summed E-state index contributed by atoms with van der Waals surface area (Å²) in [5, 5.41) is 15.4. The molecule has 0 atom stereocenters. The standard InChI is InChI=1S/C26H24P2.2C16H9.2Ag/c1-5-13-23(14-6-1)27(24-15-7-2-8-16-24)21-22-28(25-17-9-3-10-18-25)26-19-11-4-12-20-26;2*1-2-12-11-13-7-3-4-9-15(13)16-10-6-5-8-14(12)16;;/h1-20H,21-22H2;2*3-11H;;/q;2*-1;2*+1/p+2. The minimum Gasteiger partial charge on any atom is -0.366 e. The van der Waals surface area contributed by atoms with Gasteiger partial charge in [0.15, 0.2) is 0 Å². The number of benzene rings is 10. The minimum absolute atomic E-state index is 0. The van der Waals surface area contributed by atoms with Gasteiger partial charge in [0, 0.05) is 0 Å². The second-order valence-corrected chi connectivity index (χ2v) is 19.8. The molecule has 0 aliphatic heterocycles. The largest absolute Gasteiger partial charge is 1.00 e. The van der Waals surface area contributed by atoms with Crippen LogP contribution in [0.25, 0.3) is 43.1 Å². The third-order valence-electron chi connectivity index (χ3n) is 10.9. The maximum atomic E-state index is 7.35. The number of hydrogen-bond acceptors (Lipinski definition) is 0. The summed E-state index contributed by atoms with van der Waals surface area (Å²) >= 11 is 0. The monoisotopic (exact) mass is 1020 g/mol. The second kappa shape index (κ2) is 23.2. The predicted octanol–water partition coefficient (Wildman–Crippen LogP) is 12.6. The van der Waals surface area contributed by atoms with Crippen molar-refractivity contribution >= 4 is 80.2 Å². The van der Waals surface area contributed by atoms with Crippen molar-refractivity contribution in [3.8, 4) is 11.8 Å². The molecule has 0 fully saturated rings. The summed E-state index contributed by atoms with van der Waals surface area (Å²) in [7, 11) is -1.57. The molecule has 0 bridgehead atoms. The Morgan fingerprint density at radius 2 is 0.532 bits per heavy atom. The zero-order valence-electron chi connectivity index (χ0n) is 34.0. The fourth-order valence-electron chi connectivity index (χ4n) is 8.03. The maximum Gasteiger partial charge on any atom is 1.00 e. The van der Waals surface area contributed by atoms with Crippen molar-refractivity contribution in [3.63, 3.8) is 0 Å². The van der Waals surface area contributed by atoms with Gasteiger partial charge in [0.2, 0.25) is 0 Å². The van der Waals surface area contributed by atoms with Crippen molar-refractivity contribution < 1.29 is 44.8 Å². The summed E-state index contributed by atoms with van der Waals surface area (Å²) in [6.45, 7) is 0. The average molecular weight is 1020 g/mol. The zero-order chi connectivity index (χ0) is 40.9. The molecule has 10 aromatic rings. The van der Waals surface area contributed by atoms with Crippen LogP contribution in [0.4, 0.5) is 0 Å². The molecule has 0 N–H and O–H groups in total. The smallest absolute Gasteiger partial charge is 0.366 e. The molecular weight excluding hydrogens is 974 g/mol. The molecule has 0 aromatic heterocycles. The van der Waals surface area contributed by atoms with Gasteiger partial charge >= 0.3 is 44.8 Å². The number of rotatable bonds is 7. The van der Waals surface area contributed by atoms with Crippen molar-refractivity contribution in [1.82, 2.24) is 0 Å². The van der Waals surface area contributed by atoms with E-state index in [9.17, 15) is 0 Å². The van der Waals surface area contributed by atoms with E-state index in [-0.39, 0.29) is 44.8 Å². The Bertz CT molecular complexity index is 2780. The molecule has 0 spiro atoms. The fraction of sp³-hybridized carbons (Fsp3) is 0.0345. The van der Waals surface area contributed by atoms with Crippen LogP contribution in [0.1, 0.15) is 11.1 Å². The Hall–Kier alpha value is -5.30. The van der Waals surface area contributed by atoms with Crippen LogP contribution >= 0.6 is 15.8 Å². The molecule has 4 heteroatoms. The third kappa shape index (κ3) is 11.0. The summed E-state index contributed by atoms with van der Waals surface area (Å²) in [4.78, 5) is 0. The fourth-order valence-corrected chi connectivity index (χ4v) is 14.2. The maximum absolute atomic E-state index is 7.35. The van der Waals surface area contributed by atoms with E-state index < -0.39 is 15.8 Å². The van der Waals surface area contributed by atoms with Crippen molar-refractivity contribution in [2.75, 3.05) is 12.3 Å². The Kier molecular flexibility index (Phi) is 17.3. The Balaban J connectivity index is 0.000000162. The summed E-state index contributed by atoms with van der Waals surface area (Å²) in [5.41, 5.74) is 1.71. The Morgan fingerprint density at radius 3 is 0.823 bits per heavy atom. The molecule has 306 valence electrons. The molecule has 0 unspecified atom stereocenters. The Morgan fingerprint density at radius 1 is 0.290 bits per heavy atom. The summed E-state index contributed by atoms with van der Waals surface area (Å²) < 4.78 is 0. The van der Waals surface area contributed by atoms with Gasteiger partial charge in [-0.3, -0.25) is 11.8 Å². The first-order valence-electron chi connectivity index (χ1n) is 20.3. The van der Waals surface area contributed by atoms with E-state index in [1.165, 1.54) is 55.1 Å². The van der Waals surface area contributed by atoms with Crippen LogP contribution in [0.2, 0.25) is 0 Å². The molecular formula is C58H44Ag2P2+2. The van der Waals surface area contributed by atoms with Crippen molar-refractivity contribution in [2.24, 2.45) is 0 Å². The van der Waals surface area contributed by atoms with Crippen LogP contribution < -0.4 is 21.2 Å². The molecule has 0 saturated carbocycles. The van der Waals surface area contributed by atoms with Gasteiger partial charge in [0.05, 0.1) is 37.1 Å². The average Bonchev–Trinajstić information content (AvgIpc) is 3.34. The second-order valence-electron chi connectivity index (χ2n) is 14.6. The first-order valence-corrected chi connectivity index (χ1v) is 23.7. The van der Waals surface area contributed by atoms with Crippen LogP contribution in [-0.2, 0) is 44.8 Å². The third-order valence-corrected chi connectivity index (χ3v) is 17.0. The van der Waals surface area contributed by atoms with Gasteiger partial charge in [-0.05, 0) is 80.8 Å². The summed E-state index contributed by atoms with van der Waals surface area (Å²) in [6, 6.07) is 81.4. The van der Waals surface area contributed by atoms with E-state index >= 15 is 0 Å². The normalized spacial score (nSPS) is 10.4. The van der Waals surface area contributed by atoms with Gasteiger partial charge in [-0.25, -0.2) is 0 Å². The van der Waals surface area contributed by atoms with E-state index in [4.69, 9.17) is 12.8 Å². The SMILES string of the molecule is [Ag+].[Ag+].[C-]#Cc1cc2ccccc2c2ccccc12.[C-]#Cc1cc2ccccc2c2ccccc12.c1ccc([PH+](CC[PH+](c2ccccc2)c2ccccc2)c2ccccc2)cc1. The first-order chi connectivity index (χ1) is 29.7. The minimum atomic E-state index is -0.783. The predicted molar refractivity (Wildman–Crippen MR) is 266 cm³/mol. The summed E-state index contributed by atoms with van der Waals surface area (Å²) in [6.07, 6.45) is 17.2. The summed E-state index contributed by atoms with van der Waals surface area (Å²) in [5.74, 6) is 5.02. The zero-order valence-corrected chi connectivity index (χ0v) is 38.9. The van der Waals surface area contributed by atoms with Crippen molar-refractivity contribution in [1.29, 1.82) is 0 Å². The van der Waals surface area contributed by atoms with Gasteiger partial charge in [-0.1, -0.05) is 181 Å². The molecule has 62 heavy (non-hydrogen) atoms. The molecule has 0 heterocycles. The number of fused-ring (bicyclic) bond motifs is 6. The van der Waals surface area contributed by atoms with Crippen LogP contribution in [0.3, 0.4) is 0 Å². The Labute approximate surface area is 400 Å². The first kappa shape index (κ1) is 46.2. The van der Waals surface area contributed by atoms with Crippen LogP contribution in [0, 0.1) is 24.7 Å². The quantitative estimate of drug-likeness (QED) is 0.0491. The van der Waals surface area contributed by atoms with Crippen LogP contribution in [0.15, 0.2) is 231 Å². The molecule has 0 radical (unpaired) electrons. The van der Waals surface area contributed by atoms with Crippen LogP contribution in [0.5, 0.6) is 0 Å². The van der Waals surface area contributed by atoms with Crippen LogP contribution in [-0.4, -0.2) is 12.3 Å². The topological polar surface area (TPSA) is 0 Å². The van der Waals surface area contributed by atoms with Gasteiger partial charge in [-0.15, -0.1) is 23.3 Å². The molecule has 0 amide bonds. The molecule has 10 aromatic carbocycles. The van der Waals surface area contributed by atoms with Crippen molar-refractivity contribution in [3.05, 3.63) is 254 Å². The molecule has 0 aliphatic carbocycles.